The summed E-state index contributed by atoms with van der Waals surface area (Å²) in [5.41, 5.74) is -0.557. The van der Waals surface area contributed by atoms with Crippen LogP contribution in [0.15, 0.2) is 4.99 Å². The minimum Gasteiger partial charge on any atom is -0.359 e. The maximum absolute atomic E-state index is 11.9. The third-order valence-corrected chi connectivity index (χ3v) is 4.11. The lowest BCUT2D eigenvalue weighted by molar-refractivity contribution is -0.128. The maximum Gasteiger partial charge on any atom is 0.243 e. The van der Waals surface area contributed by atoms with Crippen molar-refractivity contribution in [1.29, 1.82) is 0 Å². The van der Waals surface area contributed by atoms with Crippen molar-refractivity contribution in [1.82, 2.24) is 20.9 Å². The number of carbonyl (C=O) groups excluding carboxylic acids is 2. The highest BCUT2D eigenvalue weighted by molar-refractivity contribution is 14.0. The molecule has 0 spiro atoms. The zero-order chi connectivity index (χ0) is 17.5. The number of likely N-dealkylation sites (N-methyl/N-ethyl adjacent to an activating group) is 1. The monoisotopic (exact) mass is 453 g/mol. The Kier molecular flexibility index (Phi) is 10.3. The average Bonchev–Trinajstić information content (AvgIpc) is 3.01. The number of hydrogen-bond acceptors (Lipinski definition) is 3. The number of guanidine groups is 1. The molecule has 0 unspecified atom stereocenters. The average molecular weight is 453 g/mol. The zero-order valence-corrected chi connectivity index (χ0v) is 17.8. The van der Waals surface area contributed by atoms with Crippen LogP contribution in [0.3, 0.4) is 0 Å². The third kappa shape index (κ3) is 7.67. The number of amides is 2. The molecule has 1 saturated carbocycles. The molecule has 1 rings (SSSR count). The van der Waals surface area contributed by atoms with Crippen molar-refractivity contribution in [2.75, 3.05) is 34.2 Å². The largest absolute Gasteiger partial charge is 0.359 e. The van der Waals surface area contributed by atoms with Crippen molar-refractivity contribution >= 4 is 41.8 Å². The van der Waals surface area contributed by atoms with Gasteiger partial charge >= 0.3 is 0 Å². The first-order valence-electron chi connectivity index (χ1n) is 8.23. The van der Waals surface area contributed by atoms with Crippen LogP contribution in [0.1, 0.15) is 39.5 Å². The highest BCUT2D eigenvalue weighted by atomic mass is 127. The second kappa shape index (κ2) is 10.7. The van der Waals surface area contributed by atoms with Gasteiger partial charge in [-0.1, -0.05) is 12.8 Å². The zero-order valence-electron chi connectivity index (χ0n) is 15.4. The summed E-state index contributed by atoms with van der Waals surface area (Å²) in [6.45, 7) is 4.28. The summed E-state index contributed by atoms with van der Waals surface area (Å²) < 4.78 is 0. The molecule has 0 heterocycles. The predicted octanol–water partition coefficient (Wildman–Crippen LogP) is 0.943. The van der Waals surface area contributed by atoms with Gasteiger partial charge in [-0.2, -0.15) is 0 Å². The van der Waals surface area contributed by atoms with E-state index < -0.39 is 5.41 Å². The minimum absolute atomic E-state index is 0. The predicted molar refractivity (Wildman–Crippen MR) is 108 cm³/mol. The molecule has 140 valence electrons. The Bertz CT molecular complexity index is 446. The first-order valence-corrected chi connectivity index (χ1v) is 8.23. The van der Waals surface area contributed by atoms with Gasteiger partial charge in [-0.05, 0) is 26.7 Å². The Labute approximate surface area is 162 Å². The molecule has 0 radical (unpaired) electrons. The standard InChI is InChI=1S/C16H31N5O2.HI/c1-16(2,14(23)17-3)11-19-15(18-10-13(22)21(4)5)20-12-8-6-7-9-12;/h12H,6-11H2,1-5H3,(H,17,23)(H2,18,19,20);1H. The molecule has 1 aliphatic rings. The van der Waals surface area contributed by atoms with E-state index in [1.165, 1.54) is 17.7 Å². The Morgan fingerprint density at radius 3 is 2.29 bits per heavy atom. The summed E-state index contributed by atoms with van der Waals surface area (Å²) in [5, 5.41) is 9.25. The number of halogens is 1. The van der Waals surface area contributed by atoms with Gasteiger partial charge in [0.2, 0.25) is 11.8 Å². The van der Waals surface area contributed by atoms with Gasteiger partial charge in [0.25, 0.3) is 0 Å². The number of rotatable bonds is 6. The van der Waals surface area contributed by atoms with E-state index in [4.69, 9.17) is 0 Å². The Balaban J connectivity index is 0.00000529. The summed E-state index contributed by atoms with van der Waals surface area (Å²) in [6.07, 6.45) is 4.65. The van der Waals surface area contributed by atoms with Gasteiger partial charge in [0.05, 0.1) is 5.41 Å². The fraction of sp³-hybridized carbons (Fsp3) is 0.812. The van der Waals surface area contributed by atoms with Gasteiger partial charge in [-0.25, -0.2) is 4.99 Å². The van der Waals surface area contributed by atoms with Crippen molar-refractivity contribution in [2.45, 2.75) is 45.6 Å². The van der Waals surface area contributed by atoms with Crippen LogP contribution in [0, 0.1) is 5.41 Å². The molecule has 1 fully saturated rings. The van der Waals surface area contributed by atoms with Crippen molar-refractivity contribution in [3.05, 3.63) is 0 Å². The molecule has 0 aromatic heterocycles. The van der Waals surface area contributed by atoms with Crippen molar-refractivity contribution in [3.63, 3.8) is 0 Å². The smallest absolute Gasteiger partial charge is 0.243 e. The van der Waals surface area contributed by atoms with E-state index >= 15 is 0 Å². The number of nitrogens with zero attached hydrogens (tertiary/aromatic N) is 2. The summed E-state index contributed by atoms with van der Waals surface area (Å²) in [6, 6.07) is 0.388. The molecular formula is C16H32IN5O2. The lowest BCUT2D eigenvalue weighted by atomic mass is 9.92. The van der Waals surface area contributed by atoms with E-state index in [9.17, 15) is 9.59 Å². The molecule has 7 nitrogen and oxygen atoms in total. The normalized spacial score (nSPS) is 15.5. The Morgan fingerprint density at radius 1 is 1.21 bits per heavy atom. The molecular weight excluding hydrogens is 421 g/mol. The summed E-state index contributed by atoms with van der Waals surface area (Å²) in [7, 11) is 5.06. The maximum atomic E-state index is 11.9. The lowest BCUT2D eigenvalue weighted by Gasteiger charge is -2.25. The summed E-state index contributed by atoms with van der Waals surface area (Å²) in [5.74, 6) is 0.516. The van der Waals surface area contributed by atoms with Gasteiger partial charge in [-0.15, -0.1) is 24.0 Å². The summed E-state index contributed by atoms with van der Waals surface area (Å²) in [4.78, 5) is 29.5. The van der Waals surface area contributed by atoms with E-state index in [0.717, 1.165) is 12.8 Å². The Morgan fingerprint density at radius 2 is 1.79 bits per heavy atom. The van der Waals surface area contributed by atoms with Crippen molar-refractivity contribution in [2.24, 2.45) is 10.4 Å². The first kappa shape index (κ1) is 22.9. The molecule has 2 amide bonds. The minimum atomic E-state index is -0.557. The summed E-state index contributed by atoms with van der Waals surface area (Å²) >= 11 is 0. The molecule has 8 heteroatoms. The van der Waals surface area contributed by atoms with Crippen LogP contribution in [0.25, 0.3) is 0 Å². The SMILES string of the molecule is CNC(=O)C(C)(C)CNC(=NCC(=O)N(C)C)NC1CCCC1.I. The lowest BCUT2D eigenvalue weighted by Crippen LogP contribution is -2.49. The van der Waals surface area contributed by atoms with E-state index in [-0.39, 0.29) is 42.3 Å². The fourth-order valence-electron chi connectivity index (χ4n) is 2.43. The van der Waals surface area contributed by atoms with Crippen molar-refractivity contribution in [3.8, 4) is 0 Å². The van der Waals surface area contributed by atoms with Crippen LogP contribution in [0.4, 0.5) is 0 Å². The van der Waals surface area contributed by atoms with Gasteiger partial charge in [-0.3, -0.25) is 9.59 Å². The van der Waals surface area contributed by atoms with E-state index in [1.807, 2.05) is 13.8 Å². The van der Waals surface area contributed by atoms with E-state index in [2.05, 4.69) is 20.9 Å². The molecule has 0 aromatic rings. The van der Waals surface area contributed by atoms with Crippen LogP contribution in [0.2, 0.25) is 0 Å². The number of hydrogen-bond donors (Lipinski definition) is 3. The van der Waals surface area contributed by atoms with Crippen molar-refractivity contribution < 1.29 is 9.59 Å². The van der Waals surface area contributed by atoms with Crippen LogP contribution in [-0.4, -0.2) is 62.9 Å². The molecule has 3 N–H and O–H groups in total. The number of aliphatic imine (C=N–C) groups is 1. The van der Waals surface area contributed by atoms with Crippen LogP contribution in [0.5, 0.6) is 0 Å². The fourth-order valence-corrected chi connectivity index (χ4v) is 2.43. The van der Waals surface area contributed by atoms with Crippen LogP contribution in [-0.2, 0) is 9.59 Å². The molecule has 0 aromatic carbocycles. The first-order chi connectivity index (χ1) is 10.8. The number of carbonyl (C=O) groups is 2. The molecule has 24 heavy (non-hydrogen) atoms. The highest BCUT2D eigenvalue weighted by Gasteiger charge is 2.27. The molecule has 0 aliphatic heterocycles. The van der Waals surface area contributed by atoms with Crippen LogP contribution >= 0.6 is 24.0 Å². The van der Waals surface area contributed by atoms with Gasteiger partial charge in [0, 0.05) is 33.7 Å². The second-order valence-corrected chi connectivity index (χ2v) is 6.90. The third-order valence-electron chi connectivity index (χ3n) is 4.11. The molecule has 0 saturated heterocycles. The van der Waals surface area contributed by atoms with E-state index in [1.54, 1.807) is 21.1 Å². The second-order valence-electron chi connectivity index (χ2n) is 6.90. The number of nitrogens with one attached hydrogen (secondary N) is 3. The van der Waals surface area contributed by atoms with E-state index in [0.29, 0.717) is 18.5 Å². The van der Waals surface area contributed by atoms with Gasteiger partial charge in [0.15, 0.2) is 5.96 Å². The van der Waals surface area contributed by atoms with Gasteiger partial charge < -0.3 is 20.9 Å². The molecule has 1 aliphatic carbocycles. The molecule has 0 bridgehead atoms. The highest BCUT2D eigenvalue weighted by Crippen LogP contribution is 2.17. The molecule has 0 atom stereocenters. The topological polar surface area (TPSA) is 85.8 Å². The van der Waals surface area contributed by atoms with Crippen LogP contribution < -0.4 is 16.0 Å². The Hall–Kier alpha value is -1.06. The van der Waals surface area contributed by atoms with Gasteiger partial charge in [0.1, 0.15) is 6.54 Å². The quantitative estimate of drug-likeness (QED) is 0.318.